The Morgan fingerprint density at radius 3 is 2.52 bits per heavy atom. The van der Waals surface area contributed by atoms with Crippen LogP contribution in [-0.4, -0.2) is 30.6 Å². The normalized spacial score (nSPS) is 11.6. The molecular weight excluding hydrogens is 469 g/mol. The van der Waals surface area contributed by atoms with Crippen molar-refractivity contribution in [2.45, 2.75) is 17.7 Å². The van der Waals surface area contributed by atoms with Crippen molar-refractivity contribution in [1.82, 2.24) is 3.97 Å². The van der Waals surface area contributed by atoms with E-state index in [4.69, 9.17) is 21.4 Å². The molecule has 1 aromatic heterocycles. The maximum atomic E-state index is 15.3. The number of aryl methyl sites for hydroxylation is 1. The maximum absolute atomic E-state index is 15.3. The molecule has 0 bridgehead atoms. The smallest absolute Gasteiger partial charge is 0.303 e. The van der Waals surface area contributed by atoms with Crippen molar-refractivity contribution < 1.29 is 27.4 Å². The van der Waals surface area contributed by atoms with E-state index in [2.05, 4.69) is 0 Å². The number of halogens is 2. The number of aliphatic carboxylic acids is 1. The Morgan fingerprint density at radius 1 is 1.12 bits per heavy atom. The lowest BCUT2D eigenvalue weighted by atomic mass is 10.1. The van der Waals surface area contributed by atoms with Gasteiger partial charge in [0, 0.05) is 23.6 Å². The molecule has 1 heterocycles. The highest BCUT2D eigenvalue weighted by atomic mass is 35.5. The molecule has 0 aliphatic carbocycles. The highest BCUT2D eigenvalue weighted by Crippen LogP contribution is 2.37. The van der Waals surface area contributed by atoms with Crippen LogP contribution in [0, 0.1) is 5.82 Å². The Hall–Kier alpha value is -3.36. The second-order valence-corrected chi connectivity index (χ2v) is 9.50. The number of methoxy groups -OCH3 is 1. The summed E-state index contributed by atoms with van der Waals surface area (Å²) in [6.07, 6.45) is 1.22. The van der Waals surface area contributed by atoms with Crippen LogP contribution in [0.2, 0.25) is 5.02 Å². The molecule has 0 aliphatic rings. The van der Waals surface area contributed by atoms with Crippen molar-refractivity contribution in [3.63, 3.8) is 0 Å². The van der Waals surface area contributed by atoms with Gasteiger partial charge in [0.25, 0.3) is 10.0 Å². The third kappa shape index (κ3) is 4.19. The van der Waals surface area contributed by atoms with Gasteiger partial charge in [-0.25, -0.2) is 16.8 Å². The van der Waals surface area contributed by atoms with Crippen LogP contribution in [0.4, 0.5) is 4.39 Å². The summed E-state index contributed by atoms with van der Waals surface area (Å²) in [5, 5.41) is 9.29. The summed E-state index contributed by atoms with van der Waals surface area (Å²) in [4.78, 5) is 10.6. The lowest BCUT2D eigenvalue weighted by molar-refractivity contribution is -0.136. The van der Waals surface area contributed by atoms with E-state index in [1.54, 1.807) is 48.5 Å². The molecule has 170 valence electrons. The van der Waals surface area contributed by atoms with E-state index in [1.165, 1.54) is 25.4 Å². The first-order valence-electron chi connectivity index (χ1n) is 9.93. The zero-order valence-corrected chi connectivity index (χ0v) is 19.0. The number of carbonyl (C=O) groups is 1. The molecule has 0 spiro atoms. The van der Waals surface area contributed by atoms with E-state index in [9.17, 15) is 13.2 Å². The van der Waals surface area contributed by atoms with Crippen LogP contribution in [0.3, 0.4) is 0 Å². The quantitative estimate of drug-likeness (QED) is 0.379. The van der Waals surface area contributed by atoms with Crippen molar-refractivity contribution >= 4 is 38.5 Å². The van der Waals surface area contributed by atoms with Gasteiger partial charge in [-0.1, -0.05) is 48.0 Å². The minimum atomic E-state index is -4.47. The second kappa shape index (κ2) is 8.88. The number of nitrogens with zero attached hydrogens (tertiary/aromatic N) is 1. The number of carboxylic acid groups (broad SMARTS) is 1. The van der Waals surface area contributed by atoms with Gasteiger partial charge in [-0.05, 0) is 41.8 Å². The topological polar surface area (TPSA) is 85.6 Å². The van der Waals surface area contributed by atoms with Crippen molar-refractivity contribution in [1.29, 1.82) is 0 Å². The third-order valence-electron chi connectivity index (χ3n) is 5.32. The maximum Gasteiger partial charge on any atom is 0.303 e. The average molecular weight is 488 g/mol. The minimum absolute atomic E-state index is 0.0884. The predicted molar refractivity (Wildman–Crippen MR) is 124 cm³/mol. The van der Waals surface area contributed by atoms with Crippen molar-refractivity contribution in [2.75, 3.05) is 7.11 Å². The monoisotopic (exact) mass is 487 g/mol. The Bertz CT molecular complexity index is 1470. The summed E-state index contributed by atoms with van der Waals surface area (Å²) >= 11 is 5.98. The minimum Gasteiger partial charge on any atom is -0.497 e. The molecule has 0 unspecified atom stereocenters. The summed E-state index contributed by atoms with van der Waals surface area (Å²) in [6, 6.07) is 16.1. The molecule has 0 saturated carbocycles. The molecule has 33 heavy (non-hydrogen) atoms. The molecule has 0 atom stereocenters. The number of hydrogen-bond acceptors (Lipinski definition) is 4. The Labute approximate surface area is 194 Å². The van der Waals surface area contributed by atoms with Crippen LogP contribution in [0.25, 0.3) is 22.0 Å². The van der Waals surface area contributed by atoms with Crippen LogP contribution in [0.1, 0.15) is 12.0 Å². The first kappa shape index (κ1) is 22.8. The lowest BCUT2D eigenvalue weighted by Gasteiger charge is -2.14. The molecule has 0 amide bonds. The Kier molecular flexibility index (Phi) is 6.14. The van der Waals surface area contributed by atoms with Crippen LogP contribution in [0.15, 0.2) is 71.8 Å². The predicted octanol–water partition coefficient (Wildman–Crippen LogP) is 5.36. The molecular formula is C24H19ClFNO5S. The molecule has 0 fully saturated rings. The van der Waals surface area contributed by atoms with Crippen molar-refractivity contribution in [2.24, 2.45) is 0 Å². The molecule has 0 saturated heterocycles. The fraction of sp³-hybridized carbons (Fsp3) is 0.125. The highest BCUT2D eigenvalue weighted by Gasteiger charge is 2.30. The number of hydrogen-bond donors (Lipinski definition) is 1. The first-order chi connectivity index (χ1) is 15.7. The van der Waals surface area contributed by atoms with Crippen molar-refractivity contribution in [3.05, 3.63) is 83.3 Å². The fourth-order valence-corrected chi connectivity index (χ4v) is 5.63. The highest BCUT2D eigenvalue weighted by molar-refractivity contribution is 7.90. The van der Waals surface area contributed by atoms with Gasteiger partial charge in [0.15, 0.2) is 5.82 Å². The summed E-state index contributed by atoms with van der Waals surface area (Å²) in [7, 11) is -2.99. The molecule has 0 radical (unpaired) electrons. The number of aromatic nitrogens is 1. The molecule has 6 nitrogen and oxygen atoms in total. The van der Waals surface area contributed by atoms with Gasteiger partial charge >= 0.3 is 5.97 Å². The van der Waals surface area contributed by atoms with Gasteiger partial charge in [-0.3, -0.25) is 4.79 Å². The summed E-state index contributed by atoms with van der Waals surface area (Å²) in [6.45, 7) is 0. The second-order valence-electron chi connectivity index (χ2n) is 7.34. The van der Waals surface area contributed by atoms with E-state index in [-0.39, 0.29) is 28.9 Å². The van der Waals surface area contributed by atoms with Gasteiger partial charge in [0.2, 0.25) is 0 Å². The Balaban J connectivity index is 1.99. The van der Waals surface area contributed by atoms with Gasteiger partial charge in [-0.15, -0.1) is 0 Å². The molecule has 9 heteroatoms. The van der Waals surface area contributed by atoms with E-state index in [0.717, 1.165) is 3.97 Å². The van der Waals surface area contributed by atoms with Gasteiger partial charge in [-0.2, -0.15) is 0 Å². The standard InChI is InChI=1S/C24H19ClFNO5S/c1-32-17-8-11-21-19(13-17)16(7-12-22(28)29)14-27(21)33(30,31)24-18(9-10-20(25)23(24)26)15-5-3-2-4-6-15/h2-6,8-11,13-14H,7,12H2,1H3,(H,28,29). The zero-order valence-electron chi connectivity index (χ0n) is 17.5. The molecule has 3 aromatic carbocycles. The SMILES string of the molecule is COc1ccc2c(c1)c(CCC(=O)O)cn2S(=O)(=O)c1c(-c2ccccc2)ccc(Cl)c1F. The Morgan fingerprint density at radius 2 is 1.85 bits per heavy atom. The summed E-state index contributed by atoms with van der Waals surface area (Å²) < 4.78 is 49.2. The number of rotatable bonds is 7. The van der Waals surface area contributed by atoms with Gasteiger partial charge in [0.1, 0.15) is 10.6 Å². The molecule has 0 aliphatic heterocycles. The summed E-state index contributed by atoms with van der Waals surface area (Å²) in [5.41, 5.74) is 1.43. The van der Waals surface area contributed by atoms with Crippen LogP contribution in [-0.2, 0) is 21.2 Å². The number of benzene rings is 3. The van der Waals surface area contributed by atoms with E-state index < -0.39 is 26.7 Å². The van der Waals surface area contributed by atoms with E-state index in [1.807, 2.05) is 0 Å². The largest absolute Gasteiger partial charge is 0.497 e. The lowest BCUT2D eigenvalue weighted by Crippen LogP contribution is -2.15. The number of carboxylic acids is 1. The fourth-order valence-electron chi connectivity index (χ4n) is 3.74. The third-order valence-corrected chi connectivity index (χ3v) is 7.35. The summed E-state index contributed by atoms with van der Waals surface area (Å²) in [5.74, 6) is -1.59. The van der Waals surface area contributed by atoms with Crippen LogP contribution < -0.4 is 4.74 Å². The van der Waals surface area contributed by atoms with Crippen molar-refractivity contribution in [3.8, 4) is 16.9 Å². The molecule has 4 rings (SSSR count). The number of ether oxygens (including phenoxy) is 1. The van der Waals surface area contributed by atoms with Crippen LogP contribution >= 0.6 is 11.6 Å². The zero-order chi connectivity index (χ0) is 23.8. The first-order valence-corrected chi connectivity index (χ1v) is 11.7. The number of fused-ring (bicyclic) bond motifs is 1. The van der Waals surface area contributed by atoms with Crippen LogP contribution in [0.5, 0.6) is 5.75 Å². The van der Waals surface area contributed by atoms with E-state index in [0.29, 0.717) is 22.3 Å². The van der Waals surface area contributed by atoms with E-state index >= 15 is 4.39 Å². The average Bonchev–Trinajstić information content (AvgIpc) is 3.18. The molecule has 1 N–H and O–H groups in total. The molecule has 4 aromatic rings. The van der Waals surface area contributed by atoms with Gasteiger partial charge in [0.05, 0.1) is 17.6 Å². The van der Waals surface area contributed by atoms with Gasteiger partial charge < -0.3 is 9.84 Å².